The van der Waals surface area contributed by atoms with Crippen LogP contribution in [0.5, 0.6) is 5.75 Å². The molecule has 4 aromatic rings. The Morgan fingerprint density at radius 1 is 0.500 bits per heavy atom. The Balaban J connectivity index is 0.00000171. The summed E-state index contributed by atoms with van der Waals surface area (Å²) in [5.74, 6) is -0.229. The molecule has 16 heteroatoms. The van der Waals surface area contributed by atoms with Gasteiger partial charge in [-0.15, -0.1) is 0 Å². The normalized spacial score (nSPS) is 12.3. The van der Waals surface area contributed by atoms with Crippen LogP contribution >= 0.6 is 0 Å². The maximum absolute atomic E-state index is 12.0. The van der Waals surface area contributed by atoms with E-state index in [0.29, 0.717) is 5.39 Å². The summed E-state index contributed by atoms with van der Waals surface area (Å²) >= 11 is 0. The molecular weight excluding hydrogens is 517 g/mol. The minimum Gasteiger partial charge on any atom is -0.507 e. The summed E-state index contributed by atoms with van der Waals surface area (Å²) in [5.41, 5.74) is 0. The Kier molecular flexibility index (Phi) is 9.37. The van der Waals surface area contributed by atoms with Gasteiger partial charge in [-0.25, -0.2) is 0 Å². The van der Waals surface area contributed by atoms with E-state index in [9.17, 15) is 44.0 Å². The number of phenolic OH excluding ortho intramolecular Hbond substituents is 1. The first-order valence-corrected chi connectivity index (χ1v) is 11.9. The van der Waals surface area contributed by atoms with Gasteiger partial charge >= 0.3 is 0 Å². The number of phenols is 1. The molecule has 0 fully saturated rings. The fourth-order valence-electron chi connectivity index (χ4n) is 3.61. The van der Waals surface area contributed by atoms with Crippen molar-refractivity contribution in [1.82, 2.24) is 0 Å². The molecule has 3 radical (unpaired) electrons. The molecule has 0 aliphatic carbocycles. The average Bonchev–Trinajstić information content (AvgIpc) is 2.57. The topological polar surface area (TPSA) is 183 Å². The summed E-state index contributed by atoms with van der Waals surface area (Å²) in [6.45, 7) is 0. The maximum Gasteiger partial charge on any atom is 0.297 e. The maximum atomic E-state index is 12.0. The summed E-state index contributed by atoms with van der Waals surface area (Å²) in [4.78, 5) is -4.48. The van der Waals surface area contributed by atoms with Crippen LogP contribution in [0.15, 0.2) is 51.1 Å². The third kappa shape index (κ3) is 4.90. The summed E-state index contributed by atoms with van der Waals surface area (Å²) < 4.78 is 101. The van der Waals surface area contributed by atoms with Gasteiger partial charge in [0.15, 0.2) is 0 Å². The standard InChI is InChI=1S/C16H10O10S3.3Na/c17-11-6-2-7-1-3-9-13-10(5-4-8(11)12(7)13)15(28(21,22)23)16(29(24,25)26)14(9)27(18,19)20;;;/h1-6,17H,(H,18,19,20)(H,21,22,23)(H,24,25,26);;;. The van der Waals surface area contributed by atoms with E-state index < -0.39 is 55.8 Å². The molecule has 0 aliphatic rings. The van der Waals surface area contributed by atoms with Crippen molar-refractivity contribution >= 4 is 151 Å². The second-order valence-electron chi connectivity index (χ2n) is 6.24. The van der Waals surface area contributed by atoms with Crippen LogP contribution < -0.4 is 0 Å². The molecule has 0 amide bonds. The van der Waals surface area contributed by atoms with Crippen molar-refractivity contribution in [1.29, 1.82) is 0 Å². The zero-order chi connectivity index (χ0) is 21.5. The SMILES string of the molecule is O=S(=O)(O)c1c(S(=O)(=O)O)c2ccc3ccc(O)c4ccc(c1S(=O)(=O)O)c2c34.[Na].[Na].[Na]. The van der Waals surface area contributed by atoms with E-state index in [1.165, 1.54) is 24.3 Å². The Hall–Kier alpha value is 0.450. The first-order chi connectivity index (χ1) is 13.2. The van der Waals surface area contributed by atoms with Crippen molar-refractivity contribution in [2.75, 3.05) is 0 Å². The Labute approximate surface area is 248 Å². The molecular formula is C16H10Na3O10S3. The smallest absolute Gasteiger partial charge is 0.297 e. The van der Waals surface area contributed by atoms with Crippen molar-refractivity contribution < 1.29 is 44.0 Å². The van der Waals surface area contributed by atoms with E-state index in [0.717, 1.165) is 12.1 Å². The third-order valence-corrected chi connectivity index (χ3v) is 7.63. The van der Waals surface area contributed by atoms with E-state index in [-0.39, 0.29) is 111 Å². The van der Waals surface area contributed by atoms with Gasteiger partial charge in [-0.2, -0.15) is 25.3 Å². The van der Waals surface area contributed by atoms with Gasteiger partial charge in [-0.05, 0) is 17.5 Å². The molecule has 0 saturated carbocycles. The van der Waals surface area contributed by atoms with Crippen LogP contribution in [0.1, 0.15) is 0 Å². The average molecular weight is 527 g/mol. The van der Waals surface area contributed by atoms with Gasteiger partial charge in [-0.3, -0.25) is 13.7 Å². The van der Waals surface area contributed by atoms with Crippen LogP contribution in [-0.2, 0) is 30.4 Å². The fraction of sp³-hybridized carbons (Fsp3) is 0. The van der Waals surface area contributed by atoms with Gasteiger partial charge < -0.3 is 5.11 Å². The first kappa shape index (κ1) is 30.5. The zero-order valence-corrected chi connectivity index (χ0v) is 25.4. The molecule has 155 valence electrons. The van der Waals surface area contributed by atoms with Crippen molar-refractivity contribution in [3.05, 3.63) is 36.4 Å². The molecule has 0 saturated heterocycles. The van der Waals surface area contributed by atoms with Crippen molar-refractivity contribution in [2.24, 2.45) is 0 Å². The minimum absolute atomic E-state index is 0. The molecule has 0 aromatic heterocycles. The number of aromatic hydroxyl groups is 1. The Morgan fingerprint density at radius 2 is 0.875 bits per heavy atom. The Morgan fingerprint density at radius 3 is 1.31 bits per heavy atom. The van der Waals surface area contributed by atoms with Crippen LogP contribution in [0, 0.1) is 0 Å². The summed E-state index contributed by atoms with van der Waals surface area (Å²) in [6, 6.07) is 7.57. The van der Waals surface area contributed by atoms with Gasteiger partial charge in [0.2, 0.25) is 0 Å². The molecule has 4 rings (SSSR count). The third-order valence-electron chi connectivity index (χ3n) is 4.57. The van der Waals surface area contributed by atoms with E-state index in [1.807, 2.05) is 0 Å². The molecule has 0 bridgehead atoms. The number of rotatable bonds is 3. The van der Waals surface area contributed by atoms with Gasteiger partial charge in [0.1, 0.15) is 20.4 Å². The van der Waals surface area contributed by atoms with E-state index in [2.05, 4.69) is 0 Å². The zero-order valence-electron chi connectivity index (χ0n) is 16.9. The van der Waals surface area contributed by atoms with Gasteiger partial charge in [0.25, 0.3) is 30.4 Å². The number of hydrogen-bond acceptors (Lipinski definition) is 7. The van der Waals surface area contributed by atoms with Gasteiger partial charge in [-0.1, -0.05) is 24.3 Å². The van der Waals surface area contributed by atoms with E-state index in [1.54, 1.807) is 0 Å². The molecule has 0 atom stereocenters. The quantitative estimate of drug-likeness (QED) is 0.170. The first-order valence-electron chi connectivity index (χ1n) is 7.62. The van der Waals surface area contributed by atoms with Gasteiger partial charge in [0.05, 0.1) is 0 Å². The molecule has 10 nitrogen and oxygen atoms in total. The van der Waals surface area contributed by atoms with E-state index in [4.69, 9.17) is 0 Å². The molecule has 0 heterocycles. The van der Waals surface area contributed by atoms with Crippen molar-refractivity contribution in [3.63, 3.8) is 0 Å². The summed E-state index contributed by atoms with van der Waals surface area (Å²) in [5, 5.41) is 9.89. The van der Waals surface area contributed by atoms with E-state index >= 15 is 0 Å². The molecule has 32 heavy (non-hydrogen) atoms. The van der Waals surface area contributed by atoms with Crippen LogP contribution in [0.4, 0.5) is 0 Å². The number of benzene rings is 4. The van der Waals surface area contributed by atoms with Crippen LogP contribution in [0.25, 0.3) is 32.3 Å². The molecule has 0 spiro atoms. The van der Waals surface area contributed by atoms with Crippen LogP contribution in [0.2, 0.25) is 0 Å². The monoisotopic (exact) mass is 527 g/mol. The predicted octanol–water partition coefficient (Wildman–Crippen LogP) is 0.887. The summed E-state index contributed by atoms with van der Waals surface area (Å²) in [7, 11) is -16.4. The number of hydrogen-bond donors (Lipinski definition) is 4. The van der Waals surface area contributed by atoms with Gasteiger partial charge in [0, 0.05) is 116 Å². The van der Waals surface area contributed by atoms with Crippen molar-refractivity contribution in [3.8, 4) is 5.75 Å². The van der Waals surface area contributed by atoms with Crippen molar-refractivity contribution in [2.45, 2.75) is 14.7 Å². The largest absolute Gasteiger partial charge is 0.507 e. The molecule has 0 unspecified atom stereocenters. The van der Waals surface area contributed by atoms with Crippen LogP contribution in [-0.4, -0.2) is 133 Å². The molecule has 0 aliphatic heterocycles. The minimum atomic E-state index is -5.56. The predicted molar refractivity (Wildman–Crippen MR) is 119 cm³/mol. The second kappa shape index (κ2) is 9.84. The molecule has 4 aromatic carbocycles. The second-order valence-corrected chi connectivity index (χ2v) is 10.3. The summed E-state index contributed by atoms with van der Waals surface area (Å²) in [6.07, 6.45) is 0. The molecule has 4 N–H and O–H groups in total. The van der Waals surface area contributed by atoms with Crippen LogP contribution in [0.3, 0.4) is 0 Å². The Bertz CT molecular complexity index is 1630. The fourth-order valence-corrected chi connectivity index (χ4v) is 7.19.